The predicted octanol–water partition coefficient (Wildman–Crippen LogP) is 9.09. The highest BCUT2D eigenvalue weighted by atomic mass is 16.5. The molecule has 1 aromatic heterocycles. The van der Waals surface area contributed by atoms with E-state index in [1.165, 1.54) is 82.0 Å². The first-order chi connectivity index (χ1) is 17.7. The molecule has 0 atom stereocenters. The average molecular weight is 494 g/mol. The van der Waals surface area contributed by atoms with E-state index in [0.29, 0.717) is 0 Å². The van der Waals surface area contributed by atoms with Gasteiger partial charge in [-0.1, -0.05) is 77.6 Å². The van der Waals surface area contributed by atoms with Gasteiger partial charge in [0.1, 0.15) is 12.3 Å². The van der Waals surface area contributed by atoms with Gasteiger partial charge in [0.05, 0.1) is 6.61 Å². The molecule has 0 saturated heterocycles. The minimum Gasteiger partial charge on any atom is -0.493 e. The maximum absolute atomic E-state index is 6.37. The van der Waals surface area contributed by atoms with Crippen LogP contribution in [0.25, 0.3) is 12.2 Å². The molecule has 2 rings (SSSR count). The van der Waals surface area contributed by atoms with Gasteiger partial charge in [-0.3, -0.25) is 0 Å². The predicted molar refractivity (Wildman–Crippen MR) is 158 cm³/mol. The molecule has 0 fully saturated rings. The Morgan fingerprint density at radius 2 is 1.36 bits per heavy atom. The fourth-order valence-electron chi connectivity index (χ4n) is 4.80. The average Bonchev–Trinajstić information content (AvgIpc) is 2.91. The summed E-state index contributed by atoms with van der Waals surface area (Å²) in [5.74, 6) is 0.998. The molecule has 3 heteroatoms. The quantitative estimate of drug-likeness (QED) is 0.135. The Balaban J connectivity index is 1.84. The molecular weight excluding hydrogens is 440 g/mol. The molecule has 0 saturated carbocycles. The van der Waals surface area contributed by atoms with Crippen LogP contribution in [0.1, 0.15) is 116 Å². The van der Waals surface area contributed by atoms with E-state index in [4.69, 9.17) is 4.74 Å². The number of hydrogen-bond acceptors (Lipinski definition) is 2. The monoisotopic (exact) mass is 493 g/mol. The number of hydrogen-bond donors (Lipinski definition) is 0. The van der Waals surface area contributed by atoms with Crippen LogP contribution in [-0.2, 0) is 6.54 Å². The zero-order chi connectivity index (χ0) is 25.8. The molecule has 0 unspecified atom stereocenters. The van der Waals surface area contributed by atoms with Crippen LogP contribution in [0.5, 0.6) is 5.75 Å². The maximum atomic E-state index is 6.37. The van der Waals surface area contributed by atoms with Gasteiger partial charge in [0, 0.05) is 48.6 Å². The number of anilines is 1. The van der Waals surface area contributed by atoms with Crippen LogP contribution in [0.15, 0.2) is 42.6 Å². The van der Waals surface area contributed by atoms with Gasteiger partial charge < -0.3 is 9.64 Å². The summed E-state index contributed by atoms with van der Waals surface area (Å²) in [4.78, 5) is 2.38. The smallest absolute Gasteiger partial charge is 0.205 e. The summed E-state index contributed by atoms with van der Waals surface area (Å²) in [5, 5.41) is 0. The number of rotatable bonds is 20. The fourth-order valence-corrected chi connectivity index (χ4v) is 4.80. The molecule has 200 valence electrons. The molecule has 0 aliphatic carbocycles. The van der Waals surface area contributed by atoms with Crippen molar-refractivity contribution in [2.24, 2.45) is 0 Å². The molecule has 0 aliphatic heterocycles. The largest absolute Gasteiger partial charge is 0.493 e. The van der Waals surface area contributed by atoms with Crippen LogP contribution in [0, 0.1) is 0 Å². The summed E-state index contributed by atoms with van der Waals surface area (Å²) in [6.45, 7) is 12.7. The third-order valence-corrected chi connectivity index (χ3v) is 7.13. The summed E-state index contributed by atoms with van der Waals surface area (Å²) < 4.78 is 8.63. The number of aryl methyl sites for hydroxylation is 1. The molecule has 2 aromatic rings. The van der Waals surface area contributed by atoms with Crippen LogP contribution in [0.3, 0.4) is 0 Å². The van der Waals surface area contributed by atoms with E-state index in [1.54, 1.807) is 0 Å². The van der Waals surface area contributed by atoms with Crippen LogP contribution in [0.2, 0.25) is 0 Å². The van der Waals surface area contributed by atoms with Crippen molar-refractivity contribution in [1.82, 2.24) is 0 Å². The summed E-state index contributed by atoms with van der Waals surface area (Å²) in [6.07, 6.45) is 22.9. The zero-order valence-corrected chi connectivity index (χ0v) is 23.8. The third-order valence-electron chi connectivity index (χ3n) is 7.13. The normalized spacial score (nSPS) is 11.3. The minimum absolute atomic E-state index is 0.792. The number of pyridine rings is 1. The van der Waals surface area contributed by atoms with Crippen LogP contribution >= 0.6 is 0 Å². The first-order valence-electron chi connectivity index (χ1n) is 14.9. The summed E-state index contributed by atoms with van der Waals surface area (Å²) in [6, 6.07) is 13.0. The van der Waals surface area contributed by atoms with E-state index in [1.807, 2.05) is 0 Å². The SMILES string of the molecule is CCCCCCCCCCCCCCOc1cc(N(CC)CC)ccc1/C=C/c1cccc[n+]1CC. The second kappa shape index (κ2) is 18.9. The van der Waals surface area contributed by atoms with Gasteiger partial charge in [0.2, 0.25) is 5.69 Å². The van der Waals surface area contributed by atoms with Gasteiger partial charge in [0.15, 0.2) is 6.20 Å². The zero-order valence-electron chi connectivity index (χ0n) is 23.8. The molecule has 0 bridgehead atoms. The standard InChI is InChI=1S/C33H53N2O/c1-5-9-10-11-12-13-14-15-16-17-18-21-28-36-33-29-32(34(6-2)7-3)26-24-30(33)23-25-31-22-19-20-27-35(31)8-4/h19-20,22-27,29H,5-18,21,28H2,1-4H3/q+1. The minimum atomic E-state index is 0.792. The van der Waals surface area contributed by atoms with Gasteiger partial charge in [-0.2, -0.15) is 4.57 Å². The van der Waals surface area contributed by atoms with E-state index in [0.717, 1.165) is 44.0 Å². The Hall–Kier alpha value is -2.29. The first kappa shape index (κ1) is 29.9. The van der Waals surface area contributed by atoms with Gasteiger partial charge in [-0.15, -0.1) is 0 Å². The second-order valence-electron chi connectivity index (χ2n) is 9.88. The lowest BCUT2D eigenvalue weighted by Gasteiger charge is -2.22. The Bertz CT molecular complexity index is 857. The van der Waals surface area contributed by atoms with Crippen molar-refractivity contribution < 1.29 is 9.30 Å². The fraction of sp³-hybridized carbons (Fsp3) is 0.606. The number of aromatic nitrogens is 1. The number of nitrogens with zero attached hydrogens (tertiary/aromatic N) is 2. The lowest BCUT2D eigenvalue weighted by Crippen LogP contribution is -2.34. The third kappa shape index (κ3) is 11.2. The van der Waals surface area contributed by atoms with Crippen LogP contribution in [0.4, 0.5) is 5.69 Å². The lowest BCUT2D eigenvalue weighted by atomic mass is 10.1. The van der Waals surface area contributed by atoms with Gasteiger partial charge in [-0.05, 0) is 51.5 Å². The Morgan fingerprint density at radius 3 is 1.97 bits per heavy atom. The van der Waals surface area contributed by atoms with Gasteiger partial charge in [0.25, 0.3) is 0 Å². The Labute approximate surface area is 222 Å². The first-order valence-corrected chi connectivity index (χ1v) is 14.9. The van der Waals surface area contributed by atoms with Crippen molar-refractivity contribution in [1.29, 1.82) is 0 Å². The number of benzene rings is 1. The molecule has 0 spiro atoms. The van der Waals surface area contributed by atoms with E-state index in [2.05, 4.69) is 91.9 Å². The number of unbranched alkanes of at least 4 members (excludes halogenated alkanes) is 11. The van der Waals surface area contributed by atoms with Crippen molar-refractivity contribution in [3.8, 4) is 5.75 Å². The van der Waals surface area contributed by atoms with E-state index in [-0.39, 0.29) is 0 Å². The Morgan fingerprint density at radius 1 is 0.722 bits per heavy atom. The molecular formula is C33H53N2O+. The molecule has 36 heavy (non-hydrogen) atoms. The van der Waals surface area contributed by atoms with Crippen LogP contribution in [-0.4, -0.2) is 19.7 Å². The second-order valence-corrected chi connectivity index (χ2v) is 9.88. The highest BCUT2D eigenvalue weighted by Gasteiger charge is 2.09. The topological polar surface area (TPSA) is 16.4 Å². The van der Waals surface area contributed by atoms with Crippen molar-refractivity contribution in [2.75, 3.05) is 24.6 Å². The molecule has 0 amide bonds. The van der Waals surface area contributed by atoms with E-state index >= 15 is 0 Å². The molecule has 0 radical (unpaired) electrons. The van der Waals surface area contributed by atoms with E-state index < -0.39 is 0 Å². The van der Waals surface area contributed by atoms with Gasteiger partial charge in [-0.25, -0.2) is 0 Å². The summed E-state index contributed by atoms with van der Waals surface area (Å²) in [7, 11) is 0. The number of ether oxygens (including phenoxy) is 1. The molecule has 1 aromatic carbocycles. The van der Waals surface area contributed by atoms with Crippen LogP contribution < -0.4 is 14.2 Å². The van der Waals surface area contributed by atoms with Crippen molar-refractivity contribution in [2.45, 2.75) is 111 Å². The highest BCUT2D eigenvalue weighted by Crippen LogP contribution is 2.28. The lowest BCUT2D eigenvalue weighted by molar-refractivity contribution is -0.695. The van der Waals surface area contributed by atoms with Crippen molar-refractivity contribution in [3.63, 3.8) is 0 Å². The molecule has 3 nitrogen and oxygen atoms in total. The molecule has 0 aliphatic rings. The van der Waals surface area contributed by atoms with Gasteiger partial charge >= 0.3 is 0 Å². The van der Waals surface area contributed by atoms with Crippen molar-refractivity contribution >= 4 is 17.8 Å². The Kier molecular flexibility index (Phi) is 15.7. The summed E-state index contributed by atoms with van der Waals surface area (Å²) in [5.41, 5.74) is 3.60. The molecule has 0 N–H and O–H groups in total. The van der Waals surface area contributed by atoms with Crippen molar-refractivity contribution in [3.05, 3.63) is 53.9 Å². The van der Waals surface area contributed by atoms with E-state index in [9.17, 15) is 0 Å². The highest BCUT2D eigenvalue weighted by molar-refractivity contribution is 5.72. The molecule has 1 heterocycles. The summed E-state index contributed by atoms with van der Waals surface area (Å²) >= 11 is 0. The maximum Gasteiger partial charge on any atom is 0.205 e.